The van der Waals surface area contributed by atoms with Crippen molar-refractivity contribution in [2.24, 2.45) is 23.5 Å². The quantitative estimate of drug-likeness (QED) is 0.759. The van der Waals surface area contributed by atoms with Gasteiger partial charge in [0.2, 0.25) is 5.91 Å². The summed E-state index contributed by atoms with van der Waals surface area (Å²) in [7, 11) is 0. The molecule has 2 atom stereocenters. The molecule has 0 radical (unpaired) electrons. The molecule has 17 heavy (non-hydrogen) atoms. The molecule has 0 spiro atoms. The minimum Gasteiger partial charge on any atom is -0.396 e. The average Bonchev–Trinajstić information content (AvgIpc) is 2.86. The second kappa shape index (κ2) is 5.83. The molecule has 0 aromatic rings. The van der Waals surface area contributed by atoms with Crippen molar-refractivity contribution >= 4 is 5.91 Å². The first-order valence-electron chi connectivity index (χ1n) is 6.86. The molecular weight excluding hydrogens is 216 g/mol. The van der Waals surface area contributed by atoms with Gasteiger partial charge in [0.05, 0.1) is 0 Å². The normalized spacial score (nSPS) is 30.8. The molecule has 2 aliphatic rings. The van der Waals surface area contributed by atoms with E-state index in [4.69, 9.17) is 10.8 Å². The second-order valence-corrected chi connectivity index (χ2v) is 5.48. The fourth-order valence-electron chi connectivity index (χ4n) is 3.21. The lowest BCUT2D eigenvalue weighted by molar-refractivity contribution is -0.138. The Morgan fingerprint density at radius 2 is 1.94 bits per heavy atom. The molecule has 1 aliphatic heterocycles. The average molecular weight is 240 g/mol. The van der Waals surface area contributed by atoms with E-state index in [1.807, 2.05) is 4.90 Å². The molecule has 98 valence electrons. The van der Waals surface area contributed by atoms with E-state index in [-0.39, 0.29) is 12.5 Å². The highest BCUT2D eigenvalue weighted by Gasteiger charge is 2.35. The van der Waals surface area contributed by atoms with E-state index in [9.17, 15) is 4.79 Å². The van der Waals surface area contributed by atoms with Crippen molar-refractivity contribution in [1.82, 2.24) is 4.90 Å². The number of aliphatic hydroxyl groups excluding tert-OH is 1. The minimum atomic E-state index is 0.172. The second-order valence-electron chi connectivity index (χ2n) is 5.48. The number of rotatable bonds is 3. The van der Waals surface area contributed by atoms with Crippen molar-refractivity contribution in [3.05, 3.63) is 0 Å². The lowest BCUT2D eigenvalue weighted by atomic mass is 9.92. The smallest absolute Gasteiger partial charge is 0.226 e. The number of amides is 1. The lowest BCUT2D eigenvalue weighted by Gasteiger charge is -2.34. The summed E-state index contributed by atoms with van der Waals surface area (Å²) in [6.07, 6.45) is 5.16. The molecule has 0 aromatic heterocycles. The van der Waals surface area contributed by atoms with Gasteiger partial charge in [-0.1, -0.05) is 6.42 Å². The molecule has 2 unspecified atom stereocenters. The van der Waals surface area contributed by atoms with Crippen molar-refractivity contribution in [3.8, 4) is 0 Å². The van der Waals surface area contributed by atoms with Crippen molar-refractivity contribution < 1.29 is 9.90 Å². The first-order valence-corrected chi connectivity index (χ1v) is 6.86. The van der Waals surface area contributed by atoms with E-state index >= 15 is 0 Å². The first-order chi connectivity index (χ1) is 8.26. The number of likely N-dealkylation sites (tertiary alicyclic amines) is 1. The van der Waals surface area contributed by atoms with Crippen molar-refractivity contribution in [2.45, 2.75) is 32.1 Å². The Labute approximate surface area is 103 Å². The Balaban J connectivity index is 1.88. The van der Waals surface area contributed by atoms with Crippen LogP contribution in [0.1, 0.15) is 32.1 Å². The van der Waals surface area contributed by atoms with Crippen LogP contribution in [0, 0.1) is 17.8 Å². The van der Waals surface area contributed by atoms with Gasteiger partial charge in [-0.15, -0.1) is 0 Å². The maximum absolute atomic E-state index is 12.4. The van der Waals surface area contributed by atoms with Crippen LogP contribution in [0.25, 0.3) is 0 Å². The number of nitrogens with zero attached hydrogens (tertiary/aromatic N) is 1. The Morgan fingerprint density at radius 1 is 1.24 bits per heavy atom. The molecule has 4 heteroatoms. The van der Waals surface area contributed by atoms with Gasteiger partial charge in [-0.3, -0.25) is 4.79 Å². The summed E-state index contributed by atoms with van der Waals surface area (Å²) >= 11 is 0. The lowest BCUT2D eigenvalue weighted by Crippen LogP contribution is -2.44. The van der Waals surface area contributed by atoms with Crippen LogP contribution in [0.3, 0.4) is 0 Å². The zero-order chi connectivity index (χ0) is 12.3. The summed E-state index contributed by atoms with van der Waals surface area (Å²) in [5.74, 6) is 1.28. The van der Waals surface area contributed by atoms with Gasteiger partial charge in [0, 0.05) is 25.6 Å². The Morgan fingerprint density at radius 3 is 2.53 bits per heavy atom. The van der Waals surface area contributed by atoms with Crippen LogP contribution in [0.5, 0.6) is 0 Å². The summed E-state index contributed by atoms with van der Waals surface area (Å²) in [6.45, 7) is 2.54. The number of aliphatic hydroxyl groups is 1. The molecule has 1 amide bonds. The highest BCUT2D eigenvalue weighted by Crippen LogP contribution is 2.33. The Kier molecular flexibility index (Phi) is 4.40. The molecule has 4 nitrogen and oxygen atoms in total. The van der Waals surface area contributed by atoms with Gasteiger partial charge in [0.15, 0.2) is 0 Å². The predicted molar refractivity (Wildman–Crippen MR) is 66.3 cm³/mol. The topological polar surface area (TPSA) is 66.6 Å². The maximum atomic E-state index is 12.4. The fourth-order valence-corrected chi connectivity index (χ4v) is 3.21. The summed E-state index contributed by atoms with van der Waals surface area (Å²) in [5, 5.41) is 9.09. The molecule has 3 N–H and O–H groups in total. The fraction of sp³-hybridized carbons (Fsp3) is 0.923. The monoisotopic (exact) mass is 240 g/mol. The molecule has 2 rings (SSSR count). The Bertz CT molecular complexity index is 262. The van der Waals surface area contributed by atoms with Gasteiger partial charge in [0.25, 0.3) is 0 Å². The van der Waals surface area contributed by atoms with Gasteiger partial charge in [0.1, 0.15) is 0 Å². The third-order valence-corrected chi connectivity index (χ3v) is 4.46. The highest BCUT2D eigenvalue weighted by molar-refractivity contribution is 5.79. The van der Waals surface area contributed by atoms with Crippen LogP contribution in [0.4, 0.5) is 0 Å². The molecule has 0 aromatic carbocycles. The molecular formula is C13H24N2O2. The number of carbonyl (C=O) groups is 1. The van der Waals surface area contributed by atoms with Crippen molar-refractivity contribution in [1.29, 1.82) is 0 Å². The predicted octanol–water partition coefficient (Wildman–Crippen LogP) is 0.592. The van der Waals surface area contributed by atoms with Crippen LogP contribution in [0.15, 0.2) is 0 Å². The van der Waals surface area contributed by atoms with Crippen LogP contribution in [-0.4, -0.2) is 42.2 Å². The van der Waals surface area contributed by atoms with E-state index in [1.165, 1.54) is 0 Å². The SMILES string of the molecule is NCC1CCCC1C(=O)N1CCC(CO)CC1. The molecule has 0 bridgehead atoms. The number of piperidine rings is 1. The summed E-state index contributed by atoms with van der Waals surface area (Å²) in [5.41, 5.74) is 5.73. The van der Waals surface area contributed by atoms with Crippen LogP contribution < -0.4 is 5.73 Å². The number of hydrogen-bond donors (Lipinski definition) is 2. The van der Waals surface area contributed by atoms with Gasteiger partial charge in [-0.05, 0) is 44.1 Å². The first kappa shape index (κ1) is 12.8. The molecule has 1 saturated carbocycles. The van der Waals surface area contributed by atoms with Gasteiger partial charge >= 0.3 is 0 Å². The van der Waals surface area contributed by atoms with Gasteiger partial charge in [-0.2, -0.15) is 0 Å². The minimum absolute atomic E-state index is 0.172. The van der Waals surface area contributed by atoms with Gasteiger partial charge < -0.3 is 15.7 Å². The van der Waals surface area contributed by atoms with Crippen molar-refractivity contribution in [3.63, 3.8) is 0 Å². The van der Waals surface area contributed by atoms with E-state index < -0.39 is 0 Å². The van der Waals surface area contributed by atoms with Gasteiger partial charge in [-0.25, -0.2) is 0 Å². The summed E-state index contributed by atoms with van der Waals surface area (Å²) in [4.78, 5) is 14.4. The van der Waals surface area contributed by atoms with Crippen LogP contribution >= 0.6 is 0 Å². The molecule has 2 fully saturated rings. The molecule has 1 saturated heterocycles. The zero-order valence-electron chi connectivity index (χ0n) is 10.5. The maximum Gasteiger partial charge on any atom is 0.226 e. The third kappa shape index (κ3) is 2.80. The largest absolute Gasteiger partial charge is 0.396 e. The van der Waals surface area contributed by atoms with E-state index in [1.54, 1.807) is 0 Å². The van der Waals surface area contributed by atoms with Crippen molar-refractivity contribution in [2.75, 3.05) is 26.2 Å². The standard InChI is InChI=1S/C13H24N2O2/c14-8-11-2-1-3-12(11)13(17)15-6-4-10(9-16)5-7-15/h10-12,16H,1-9,14H2. The molecule has 1 heterocycles. The third-order valence-electron chi connectivity index (χ3n) is 4.46. The summed E-state index contributed by atoms with van der Waals surface area (Å²) in [6, 6.07) is 0. The van der Waals surface area contributed by atoms with Crippen LogP contribution in [0.2, 0.25) is 0 Å². The van der Waals surface area contributed by atoms with Crippen LogP contribution in [-0.2, 0) is 4.79 Å². The summed E-state index contributed by atoms with van der Waals surface area (Å²) < 4.78 is 0. The number of nitrogens with two attached hydrogens (primary N) is 1. The number of hydrogen-bond acceptors (Lipinski definition) is 3. The molecule has 1 aliphatic carbocycles. The zero-order valence-corrected chi connectivity index (χ0v) is 10.5. The van der Waals surface area contributed by atoms with E-state index in [0.717, 1.165) is 45.2 Å². The number of carbonyl (C=O) groups excluding carboxylic acids is 1. The Hall–Kier alpha value is -0.610. The van der Waals surface area contributed by atoms with E-state index in [2.05, 4.69) is 0 Å². The highest BCUT2D eigenvalue weighted by atomic mass is 16.3. The van der Waals surface area contributed by atoms with E-state index in [0.29, 0.717) is 24.3 Å².